The predicted octanol–water partition coefficient (Wildman–Crippen LogP) is 0.662. The molecule has 20 heavy (non-hydrogen) atoms. The Bertz CT molecular complexity index is 579. The Labute approximate surface area is 116 Å². The van der Waals surface area contributed by atoms with Crippen molar-refractivity contribution in [3.63, 3.8) is 0 Å². The summed E-state index contributed by atoms with van der Waals surface area (Å²) in [6.45, 7) is 3.58. The second kappa shape index (κ2) is 5.70. The summed E-state index contributed by atoms with van der Waals surface area (Å²) in [5, 5.41) is 4.19. The molecule has 0 aliphatic carbocycles. The molecule has 0 spiro atoms. The minimum absolute atomic E-state index is 0.134. The second-order valence-electron chi connectivity index (χ2n) is 4.95. The monoisotopic (exact) mass is 275 g/mol. The Balaban J connectivity index is 2.02. The number of nitrogens with zero attached hydrogens (tertiary/aromatic N) is 3. The number of rotatable bonds is 5. The van der Waals surface area contributed by atoms with E-state index in [0.717, 1.165) is 5.69 Å². The summed E-state index contributed by atoms with van der Waals surface area (Å²) < 4.78 is 7.04. The number of hydrogen-bond acceptors (Lipinski definition) is 5. The third-order valence-electron chi connectivity index (χ3n) is 2.80. The molecule has 0 saturated carbocycles. The maximum Gasteiger partial charge on any atom is 0.335 e. The molecule has 1 amide bonds. The average Bonchev–Trinajstić information content (AvgIpc) is 2.94. The van der Waals surface area contributed by atoms with Gasteiger partial charge in [-0.15, -0.1) is 5.10 Å². The van der Waals surface area contributed by atoms with Gasteiger partial charge in [0.15, 0.2) is 0 Å². The molecule has 0 fully saturated rings. The molecule has 0 saturated heterocycles. The lowest BCUT2D eigenvalue weighted by Gasteiger charge is -2.20. The van der Waals surface area contributed by atoms with Crippen molar-refractivity contribution >= 4 is 5.91 Å². The molecule has 0 aliphatic heterocycles. The van der Waals surface area contributed by atoms with Crippen LogP contribution < -0.4 is 16.0 Å². The summed E-state index contributed by atoms with van der Waals surface area (Å²) in [4.78, 5) is 15.6. The van der Waals surface area contributed by atoms with E-state index >= 15 is 0 Å². The molecule has 106 valence electrons. The molecule has 0 radical (unpaired) electrons. The van der Waals surface area contributed by atoms with Gasteiger partial charge < -0.3 is 4.74 Å². The molecular formula is C13H17N5O2. The highest BCUT2D eigenvalue weighted by Crippen LogP contribution is 2.16. The third-order valence-corrected chi connectivity index (χ3v) is 2.80. The van der Waals surface area contributed by atoms with Crippen LogP contribution in [0.25, 0.3) is 5.69 Å². The number of benzene rings is 1. The highest BCUT2D eigenvalue weighted by Gasteiger charge is 2.28. The fraction of sp³-hybridized carbons (Fsp3) is 0.308. The third kappa shape index (κ3) is 3.12. The molecule has 2 rings (SSSR count). The van der Waals surface area contributed by atoms with E-state index in [0.29, 0.717) is 0 Å². The normalized spacial score (nSPS) is 11.2. The Morgan fingerprint density at radius 2 is 2.10 bits per heavy atom. The number of aromatic nitrogens is 3. The minimum Gasteiger partial charge on any atom is -0.461 e. The van der Waals surface area contributed by atoms with E-state index in [9.17, 15) is 4.79 Å². The zero-order valence-corrected chi connectivity index (χ0v) is 11.4. The highest BCUT2D eigenvalue weighted by atomic mass is 16.5. The highest BCUT2D eigenvalue weighted by molar-refractivity contribution is 5.81. The van der Waals surface area contributed by atoms with Gasteiger partial charge in [-0.3, -0.25) is 10.2 Å². The van der Waals surface area contributed by atoms with Crippen molar-refractivity contribution in [2.75, 3.05) is 6.61 Å². The summed E-state index contributed by atoms with van der Waals surface area (Å²) >= 11 is 0. The maximum atomic E-state index is 11.5. The second-order valence-corrected chi connectivity index (χ2v) is 4.95. The molecule has 7 nitrogen and oxygen atoms in total. The van der Waals surface area contributed by atoms with E-state index in [2.05, 4.69) is 15.5 Å². The number of amides is 1. The van der Waals surface area contributed by atoms with Gasteiger partial charge in [0.05, 0.1) is 11.1 Å². The first kappa shape index (κ1) is 14.0. The van der Waals surface area contributed by atoms with Crippen LogP contribution in [0.4, 0.5) is 0 Å². The maximum absolute atomic E-state index is 11.5. The van der Waals surface area contributed by atoms with Gasteiger partial charge in [-0.1, -0.05) is 18.2 Å². The van der Waals surface area contributed by atoms with Crippen molar-refractivity contribution in [3.8, 4) is 11.7 Å². The van der Waals surface area contributed by atoms with Crippen LogP contribution in [0, 0.1) is 5.41 Å². The number of para-hydroxylation sites is 1. The van der Waals surface area contributed by atoms with Crippen LogP contribution in [0.1, 0.15) is 13.8 Å². The van der Waals surface area contributed by atoms with Gasteiger partial charge in [0.25, 0.3) is 0 Å². The minimum atomic E-state index is -0.757. The Morgan fingerprint density at radius 3 is 2.75 bits per heavy atom. The fourth-order valence-electron chi connectivity index (χ4n) is 1.53. The first-order valence-corrected chi connectivity index (χ1v) is 6.14. The zero-order chi connectivity index (χ0) is 14.6. The van der Waals surface area contributed by atoms with E-state index in [1.807, 2.05) is 30.3 Å². The Morgan fingerprint density at radius 1 is 1.40 bits per heavy atom. The van der Waals surface area contributed by atoms with Crippen molar-refractivity contribution in [1.82, 2.24) is 20.2 Å². The Hall–Kier alpha value is -2.41. The zero-order valence-electron chi connectivity index (χ0n) is 11.4. The molecule has 0 aliphatic rings. The van der Waals surface area contributed by atoms with Crippen LogP contribution in [-0.2, 0) is 4.79 Å². The van der Waals surface area contributed by atoms with Gasteiger partial charge in [-0.05, 0) is 26.0 Å². The van der Waals surface area contributed by atoms with Crippen LogP contribution >= 0.6 is 0 Å². The van der Waals surface area contributed by atoms with Crippen molar-refractivity contribution in [2.45, 2.75) is 13.8 Å². The van der Waals surface area contributed by atoms with Crippen molar-refractivity contribution < 1.29 is 9.53 Å². The van der Waals surface area contributed by atoms with Crippen LogP contribution in [0.2, 0.25) is 0 Å². The number of nitrogens with one attached hydrogen (secondary N) is 1. The number of carbonyl (C=O) groups is 1. The first-order chi connectivity index (χ1) is 9.53. The number of hydrazine groups is 1. The lowest BCUT2D eigenvalue weighted by molar-refractivity contribution is -0.130. The summed E-state index contributed by atoms with van der Waals surface area (Å²) in [6.07, 6.45) is 1.56. The SMILES string of the molecule is CC(C)(COc1ncn(-c2ccccc2)n1)C(=O)NN. The van der Waals surface area contributed by atoms with Gasteiger partial charge in [-0.25, -0.2) is 10.5 Å². The van der Waals surface area contributed by atoms with E-state index in [1.165, 1.54) is 0 Å². The van der Waals surface area contributed by atoms with Crippen LogP contribution in [0.5, 0.6) is 6.01 Å². The average molecular weight is 275 g/mol. The number of nitrogens with two attached hydrogens (primary N) is 1. The number of carbonyl (C=O) groups excluding carboxylic acids is 1. The standard InChI is InChI=1S/C13H17N5O2/c1-13(2,11(19)16-14)8-20-12-15-9-18(17-12)10-6-4-3-5-7-10/h3-7,9H,8,14H2,1-2H3,(H,16,19). The smallest absolute Gasteiger partial charge is 0.335 e. The van der Waals surface area contributed by atoms with E-state index < -0.39 is 5.41 Å². The van der Waals surface area contributed by atoms with Gasteiger partial charge in [-0.2, -0.15) is 4.98 Å². The van der Waals surface area contributed by atoms with Gasteiger partial charge in [0.2, 0.25) is 5.91 Å². The van der Waals surface area contributed by atoms with E-state index in [1.54, 1.807) is 24.9 Å². The molecule has 0 unspecified atom stereocenters. The first-order valence-electron chi connectivity index (χ1n) is 6.14. The summed E-state index contributed by atoms with van der Waals surface area (Å²) in [5.41, 5.74) is 2.23. The topological polar surface area (TPSA) is 95.1 Å². The van der Waals surface area contributed by atoms with Crippen LogP contribution in [0.3, 0.4) is 0 Å². The molecule has 0 bridgehead atoms. The molecular weight excluding hydrogens is 258 g/mol. The lowest BCUT2D eigenvalue weighted by Crippen LogP contribution is -2.44. The van der Waals surface area contributed by atoms with E-state index in [-0.39, 0.29) is 18.5 Å². The molecule has 1 heterocycles. The summed E-state index contributed by atoms with van der Waals surface area (Å²) in [5.74, 6) is 4.81. The van der Waals surface area contributed by atoms with Gasteiger partial charge in [0.1, 0.15) is 12.9 Å². The van der Waals surface area contributed by atoms with Crippen molar-refractivity contribution in [2.24, 2.45) is 11.3 Å². The van der Waals surface area contributed by atoms with Gasteiger partial charge >= 0.3 is 6.01 Å². The fourth-order valence-corrected chi connectivity index (χ4v) is 1.53. The van der Waals surface area contributed by atoms with E-state index in [4.69, 9.17) is 10.6 Å². The van der Waals surface area contributed by atoms with Crippen molar-refractivity contribution in [3.05, 3.63) is 36.7 Å². The van der Waals surface area contributed by atoms with Crippen LogP contribution in [0.15, 0.2) is 36.7 Å². The molecule has 1 aromatic heterocycles. The van der Waals surface area contributed by atoms with Gasteiger partial charge in [0, 0.05) is 0 Å². The molecule has 0 atom stereocenters. The lowest BCUT2D eigenvalue weighted by atomic mass is 9.94. The largest absolute Gasteiger partial charge is 0.461 e. The summed E-state index contributed by atoms with van der Waals surface area (Å²) in [6, 6.07) is 9.77. The molecule has 7 heteroatoms. The Kier molecular flexibility index (Phi) is 3.99. The van der Waals surface area contributed by atoms with Crippen molar-refractivity contribution in [1.29, 1.82) is 0 Å². The van der Waals surface area contributed by atoms with Crippen LogP contribution in [-0.4, -0.2) is 27.3 Å². The molecule has 1 aromatic carbocycles. The summed E-state index contributed by atoms with van der Waals surface area (Å²) in [7, 11) is 0. The number of hydrogen-bond donors (Lipinski definition) is 2. The predicted molar refractivity (Wildman–Crippen MR) is 73.0 cm³/mol. The molecule has 3 N–H and O–H groups in total. The number of ether oxygens (including phenoxy) is 1. The molecule has 2 aromatic rings. The quantitative estimate of drug-likeness (QED) is 0.475.